The minimum atomic E-state index is 1.10. The van der Waals surface area contributed by atoms with E-state index in [9.17, 15) is 0 Å². The van der Waals surface area contributed by atoms with Gasteiger partial charge in [-0.1, -0.05) is 34.2 Å². The zero-order valence-corrected chi connectivity index (χ0v) is 14.0. The van der Waals surface area contributed by atoms with E-state index in [1.165, 1.54) is 27.9 Å². The molecule has 0 N–H and O–H groups in total. The maximum atomic E-state index is 4.06. The molecule has 0 aliphatic rings. The molecule has 0 amide bonds. The average molecular weight is 338 g/mol. The molecule has 5 nitrogen and oxygen atoms in total. The van der Waals surface area contributed by atoms with Gasteiger partial charge in [0.1, 0.15) is 0 Å². The Morgan fingerprint density at radius 1 is 0.615 bits per heavy atom. The number of hydrogen-bond donors (Lipinski definition) is 0. The summed E-state index contributed by atoms with van der Waals surface area (Å²) in [5, 5.41) is 4.98. The fraction of sp³-hybridized carbons (Fsp3) is 0. The molecular weight excluding hydrogens is 322 g/mol. The van der Waals surface area contributed by atoms with Gasteiger partial charge >= 0.3 is 6.33 Å². The van der Waals surface area contributed by atoms with Crippen molar-refractivity contribution in [1.82, 2.24) is 9.97 Å². The fourth-order valence-electron chi connectivity index (χ4n) is 3.19. The third-order valence-electron chi connectivity index (χ3n) is 4.48. The molecule has 0 aliphatic heterocycles. The van der Waals surface area contributed by atoms with Crippen molar-refractivity contribution in [2.75, 3.05) is 0 Å². The minimum Gasteiger partial charge on any atom is -0.108 e. The lowest BCUT2D eigenvalue weighted by Crippen LogP contribution is -2.68. The highest BCUT2D eigenvalue weighted by molar-refractivity contribution is 5.98. The summed E-state index contributed by atoms with van der Waals surface area (Å²) in [5.74, 6) is 0. The van der Waals surface area contributed by atoms with Crippen molar-refractivity contribution in [1.29, 1.82) is 0 Å². The summed E-state index contributed by atoms with van der Waals surface area (Å²) in [6.07, 6.45) is 10.9. The van der Waals surface area contributed by atoms with Gasteiger partial charge in [-0.05, 0) is 39.7 Å². The lowest BCUT2D eigenvalue weighted by Gasteiger charge is -2.02. The summed E-state index contributed by atoms with van der Waals surface area (Å²) in [6.45, 7) is 0. The summed E-state index contributed by atoms with van der Waals surface area (Å²) >= 11 is 0. The number of hydrogen-bond acceptors (Lipinski definition) is 2. The van der Waals surface area contributed by atoms with Crippen LogP contribution >= 0.6 is 0 Å². The van der Waals surface area contributed by atoms with Gasteiger partial charge in [0.05, 0.1) is 6.07 Å². The molecule has 0 unspecified atom stereocenters. The van der Waals surface area contributed by atoms with Crippen LogP contribution in [0.15, 0.2) is 98.4 Å². The summed E-state index contributed by atoms with van der Waals surface area (Å²) in [7, 11) is 0. The van der Waals surface area contributed by atoms with E-state index in [4.69, 9.17) is 0 Å². The number of fused-ring (bicyclic) bond motifs is 2. The number of nitrogens with zero attached hydrogens (tertiary/aromatic N) is 5. The first-order valence-corrected chi connectivity index (χ1v) is 8.39. The van der Waals surface area contributed by atoms with E-state index < -0.39 is 0 Å². The quantitative estimate of drug-likeness (QED) is 0.364. The molecule has 5 heteroatoms. The maximum absolute atomic E-state index is 4.06. The highest BCUT2D eigenvalue weighted by atomic mass is 15.5. The molecular formula is C21H16N5+3. The molecule has 0 bridgehead atoms. The SMILES string of the molecule is c1ccc2cc3cc(-[n+]4ccc[n+](-[n+]5cncnc5)c4)ccc3cc2c1. The fourth-order valence-corrected chi connectivity index (χ4v) is 3.19. The molecule has 122 valence electrons. The molecule has 3 aromatic carbocycles. The second-order valence-electron chi connectivity index (χ2n) is 6.15. The molecule has 0 aliphatic carbocycles. The summed E-state index contributed by atoms with van der Waals surface area (Å²) < 4.78 is 5.81. The molecule has 2 heterocycles. The minimum absolute atomic E-state index is 1.10. The lowest BCUT2D eigenvalue weighted by molar-refractivity contribution is -1.31. The van der Waals surface area contributed by atoms with Gasteiger partial charge in [0.15, 0.2) is 6.20 Å². The number of aromatic nitrogens is 5. The Bertz CT molecular complexity index is 1240. The third kappa shape index (κ3) is 2.56. The highest BCUT2D eigenvalue weighted by Crippen LogP contribution is 2.23. The molecule has 0 saturated carbocycles. The van der Waals surface area contributed by atoms with Crippen molar-refractivity contribution in [2.45, 2.75) is 0 Å². The molecule has 5 rings (SSSR count). The van der Waals surface area contributed by atoms with Crippen molar-refractivity contribution in [3.63, 3.8) is 0 Å². The summed E-state index contributed by atoms with van der Waals surface area (Å²) in [5.41, 5.74) is 1.10. The maximum Gasteiger partial charge on any atom is 0.453 e. The van der Waals surface area contributed by atoms with Crippen LogP contribution in [0.2, 0.25) is 0 Å². The van der Waals surface area contributed by atoms with Gasteiger partial charge in [0.2, 0.25) is 11.9 Å². The topological polar surface area (TPSA) is 37.4 Å². The van der Waals surface area contributed by atoms with Gasteiger partial charge in [-0.15, -0.1) is 4.57 Å². The van der Waals surface area contributed by atoms with Crippen LogP contribution in [-0.2, 0) is 0 Å². The van der Waals surface area contributed by atoms with Crippen molar-refractivity contribution < 1.29 is 13.9 Å². The smallest absolute Gasteiger partial charge is 0.108 e. The van der Waals surface area contributed by atoms with E-state index in [1.807, 2.05) is 34.1 Å². The first kappa shape index (κ1) is 14.6. The van der Waals surface area contributed by atoms with E-state index in [0.717, 1.165) is 5.69 Å². The molecule has 0 radical (unpaired) electrons. The Morgan fingerprint density at radius 2 is 1.35 bits per heavy atom. The van der Waals surface area contributed by atoms with Gasteiger partial charge < -0.3 is 0 Å². The lowest BCUT2D eigenvalue weighted by atomic mass is 10.0. The van der Waals surface area contributed by atoms with Crippen LogP contribution in [0.3, 0.4) is 0 Å². The molecule has 0 saturated heterocycles. The summed E-state index contributed by atoms with van der Waals surface area (Å²) in [6, 6.07) is 21.4. The van der Waals surface area contributed by atoms with Crippen LogP contribution in [0.25, 0.3) is 27.2 Å². The van der Waals surface area contributed by atoms with Gasteiger partial charge in [0, 0.05) is 21.5 Å². The third-order valence-corrected chi connectivity index (χ3v) is 4.48. The normalized spacial score (nSPS) is 11.1. The van der Waals surface area contributed by atoms with Crippen molar-refractivity contribution in [2.24, 2.45) is 0 Å². The van der Waals surface area contributed by atoms with Crippen molar-refractivity contribution >= 4 is 21.5 Å². The molecule has 5 aromatic rings. The molecule has 0 spiro atoms. The monoisotopic (exact) mass is 338 g/mol. The van der Waals surface area contributed by atoms with Gasteiger partial charge in [-0.3, -0.25) is 0 Å². The average Bonchev–Trinajstić information content (AvgIpc) is 2.72. The largest absolute Gasteiger partial charge is 0.453 e. The number of rotatable bonds is 2. The van der Waals surface area contributed by atoms with Crippen LogP contribution < -0.4 is 13.9 Å². The van der Waals surface area contributed by atoms with Crippen LogP contribution in [0.1, 0.15) is 0 Å². The summed E-state index contributed by atoms with van der Waals surface area (Å²) in [4.78, 5) is 8.11. The highest BCUT2D eigenvalue weighted by Gasteiger charge is 2.16. The van der Waals surface area contributed by atoms with E-state index in [-0.39, 0.29) is 0 Å². The van der Waals surface area contributed by atoms with Gasteiger partial charge in [-0.2, -0.15) is 0 Å². The van der Waals surface area contributed by atoms with Crippen molar-refractivity contribution in [3.8, 4) is 5.69 Å². The van der Waals surface area contributed by atoms with Crippen LogP contribution in [0, 0.1) is 0 Å². The molecule has 26 heavy (non-hydrogen) atoms. The Hall–Kier alpha value is -3.73. The van der Waals surface area contributed by atoms with Crippen LogP contribution in [0.5, 0.6) is 0 Å². The second kappa shape index (κ2) is 5.97. The van der Waals surface area contributed by atoms with E-state index in [1.54, 1.807) is 12.7 Å². The van der Waals surface area contributed by atoms with Crippen molar-refractivity contribution in [3.05, 3.63) is 98.4 Å². The molecule has 0 atom stereocenters. The van der Waals surface area contributed by atoms with Gasteiger partial charge in [0.25, 0.3) is 19.0 Å². The van der Waals surface area contributed by atoms with E-state index in [0.29, 0.717) is 0 Å². The molecule has 2 aromatic heterocycles. The Labute approximate surface area is 150 Å². The van der Waals surface area contributed by atoms with Crippen LogP contribution in [0.4, 0.5) is 0 Å². The Balaban J connectivity index is 1.64. The van der Waals surface area contributed by atoms with E-state index in [2.05, 4.69) is 69.1 Å². The number of benzene rings is 3. The Morgan fingerprint density at radius 3 is 2.15 bits per heavy atom. The first-order chi connectivity index (χ1) is 12.9. The Kier molecular flexibility index (Phi) is 3.35. The second-order valence-corrected chi connectivity index (χ2v) is 6.15. The van der Waals surface area contributed by atoms with Gasteiger partial charge in [-0.25, -0.2) is 0 Å². The zero-order chi connectivity index (χ0) is 17.3. The molecule has 0 fully saturated rings. The zero-order valence-electron chi connectivity index (χ0n) is 14.0. The first-order valence-electron chi connectivity index (χ1n) is 8.39. The predicted octanol–water partition coefficient (Wildman–Crippen LogP) is 1.95. The standard InChI is InChI=1S/C21H16N5/c1-2-5-18-11-20-12-21(7-6-19(20)10-17(18)4-1)24-8-3-9-25(16-24)26-14-22-13-23-15-26/h1-16H/q+3. The van der Waals surface area contributed by atoms with Crippen LogP contribution in [-0.4, -0.2) is 9.97 Å². The predicted molar refractivity (Wildman–Crippen MR) is 96.2 cm³/mol. The van der Waals surface area contributed by atoms with E-state index >= 15 is 0 Å².